The standard InChI is InChI=1S/C12H23NO3/c1-4-5-6-7-8-11(14)9-13(2,3)10-12(15)16/h8H,4-7,9-10H2,1-3H3,(H-,14,15,16)/b11-8-. The number of rotatable bonds is 8. The molecule has 1 N–H and O–H groups in total. The number of hydrogen-bond acceptors (Lipinski definition) is 3. The topological polar surface area (TPSA) is 60.4 Å². The number of hydrogen-bond donors (Lipinski definition) is 1. The van der Waals surface area contributed by atoms with Gasteiger partial charge in [-0.2, -0.15) is 0 Å². The number of quaternary nitrogens is 1. The van der Waals surface area contributed by atoms with Gasteiger partial charge >= 0.3 is 0 Å². The van der Waals surface area contributed by atoms with Crippen molar-refractivity contribution in [2.45, 2.75) is 32.6 Å². The summed E-state index contributed by atoms with van der Waals surface area (Å²) in [4.78, 5) is 10.5. The van der Waals surface area contributed by atoms with E-state index in [2.05, 4.69) is 6.92 Å². The third-order valence-corrected chi connectivity index (χ3v) is 2.33. The predicted molar refractivity (Wildman–Crippen MR) is 61.7 cm³/mol. The minimum atomic E-state index is -1.09. The highest BCUT2D eigenvalue weighted by atomic mass is 16.4. The van der Waals surface area contributed by atoms with Crippen LogP contribution in [0.25, 0.3) is 0 Å². The van der Waals surface area contributed by atoms with Crippen LogP contribution in [0.5, 0.6) is 0 Å². The highest BCUT2D eigenvalue weighted by Gasteiger charge is 2.16. The Hall–Kier alpha value is -1.03. The van der Waals surface area contributed by atoms with Gasteiger partial charge in [-0.05, 0) is 18.9 Å². The molecule has 0 amide bonds. The summed E-state index contributed by atoms with van der Waals surface area (Å²) in [6.07, 6.45) is 6.01. The Morgan fingerprint density at radius 3 is 2.44 bits per heavy atom. The van der Waals surface area contributed by atoms with Crippen molar-refractivity contribution in [3.63, 3.8) is 0 Å². The first-order valence-corrected chi connectivity index (χ1v) is 5.77. The lowest BCUT2D eigenvalue weighted by Gasteiger charge is -2.29. The predicted octanol–water partition coefficient (Wildman–Crippen LogP) is 0.835. The Morgan fingerprint density at radius 2 is 1.94 bits per heavy atom. The highest BCUT2D eigenvalue weighted by molar-refractivity contribution is 5.65. The number of unbranched alkanes of at least 4 members (excludes halogenated alkanes) is 3. The first kappa shape index (κ1) is 15.0. The number of carbonyl (C=O) groups is 1. The fourth-order valence-corrected chi connectivity index (χ4v) is 1.57. The lowest BCUT2D eigenvalue weighted by Crippen LogP contribution is -2.49. The van der Waals surface area contributed by atoms with Crippen molar-refractivity contribution >= 4 is 5.97 Å². The largest absolute Gasteiger partial charge is 0.544 e. The molecule has 0 aliphatic carbocycles. The van der Waals surface area contributed by atoms with E-state index in [0.717, 1.165) is 25.7 Å². The first-order chi connectivity index (χ1) is 7.37. The maximum absolute atomic E-state index is 10.5. The molecule has 0 saturated heterocycles. The van der Waals surface area contributed by atoms with Gasteiger partial charge in [-0.15, -0.1) is 0 Å². The van der Waals surface area contributed by atoms with E-state index < -0.39 is 5.97 Å². The molecule has 4 heteroatoms. The summed E-state index contributed by atoms with van der Waals surface area (Å²) in [5.41, 5.74) is 0. The van der Waals surface area contributed by atoms with Crippen LogP contribution in [0.4, 0.5) is 0 Å². The molecule has 0 heterocycles. The molecule has 0 aliphatic heterocycles. The Labute approximate surface area is 97.8 Å². The van der Waals surface area contributed by atoms with Crippen LogP contribution in [-0.4, -0.2) is 42.7 Å². The number of carbonyl (C=O) groups excluding carboxylic acids is 1. The average molecular weight is 229 g/mol. The van der Waals surface area contributed by atoms with Gasteiger partial charge < -0.3 is 19.5 Å². The summed E-state index contributed by atoms with van der Waals surface area (Å²) in [6.45, 7) is 2.37. The minimum Gasteiger partial charge on any atom is -0.544 e. The second kappa shape index (κ2) is 7.28. The van der Waals surface area contributed by atoms with Gasteiger partial charge in [0.25, 0.3) is 0 Å². The fraction of sp³-hybridized carbons (Fsp3) is 0.750. The van der Waals surface area contributed by atoms with Gasteiger partial charge in [0.05, 0.1) is 20.1 Å². The minimum absolute atomic E-state index is 0.0904. The maximum atomic E-state index is 10.5. The summed E-state index contributed by atoms with van der Waals surface area (Å²) in [6, 6.07) is 0. The van der Waals surface area contributed by atoms with E-state index in [1.165, 1.54) is 0 Å². The van der Waals surface area contributed by atoms with Crippen molar-refractivity contribution in [3.8, 4) is 0 Å². The molecule has 0 radical (unpaired) electrons. The van der Waals surface area contributed by atoms with E-state index >= 15 is 0 Å². The smallest absolute Gasteiger partial charge is 0.143 e. The molecule has 0 saturated carbocycles. The van der Waals surface area contributed by atoms with Crippen molar-refractivity contribution in [3.05, 3.63) is 11.8 Å². The zero-order valence-corrected chi connectivity index (χ0v) is 10.5. The molecule has 16 heavy (non-hydrogen) atoms. The normalized spacial score (nSPS) is 12.8. The van der Waals surface area contributed by atoms with E-state index in [-0.39, 0.29) is 16.8 Å². The SMILES string of the molecule is CCCCC/C=C(\O)C[N+](C)(C)CC(=O)[O-]. The number of aliphatic hydroxyl groups is 1. The molecule has 0 atom stereocenters. The quantitative estimate of drug-likeness (QED) is 0.381. The fourth-order valence-electron chi connectivity index (χ4n) is 1.57. The molecule has 0 aromatic rings. The molecule has 0 unspecified atom stereocenters. The van der Waals surface area contributed by atoms with Crippen molar-refractivity contribution < 1.29 is 19.5 Å². The maximum Gasteiger partial charge on any atom is 0.143 e. The monoisotopic (exact) mass is 229 g/mol. The average Bonchev–Trinajstić information content (AvgIpc) is 2.09. The number of carboxylic acid groups (broad SMARTS) is 1. The summed E-state index contributed by atoms with van der Waals surface area (Å²) in [7, 11) is 3.51. The van der Waals surface area contributed by atoms with E-state index in [0.29, 0.717) is 6.54 Å². The number of nitrogens with zero attached hydrogens (tertiary/aromatic N) is 1. The van der Waals surface area contributed by atoms with Gasteiger partial charge in [0.1, 0.15) is 18.8 Å². The number of aliphatic carboxylic acids is 1. The third-order valence-electron chi connectivity index (χ3n) is 2.33. The van der Waals surface area contributed by atoms with Gasteiger partial charge in [0.2, 0.25) is 0 Å². The highest BCUT2D eigenvalue weighted by Crippen LogP contribution is 2.06. The Bertz CT molecular complexity index is 247. The van der Waals surface area contributed by atoms with Crippen LogP contribution in [-0.2, 0) is 4.79 Å². The molecule has 0 aromatic carbocycles. The lowest BCUT2D eigenvalue weighted by atomic mass is 10.2. The summed E-state index contributed by atoms with van der Waals surface area (Å²) in [5.74, 6) is -0.828. The molecule has 0 spiro atoms. The molecule has 4 nitrogen and oxygen atoms in total. The first-order valence-electron chi connectivity index (χ1n) is 5.77. The van der Waals surface area contributed by atoms with Crippen molar-refractivity contribution in [1.29, 1.82) is 0 Å². The number of likely N-dealkylation sites (N-methyl/N-ethyl adjacent to an activating group) is 1. The van der Waals surface area contributed by atoms with E-state index in [9.17, 15) is 15.0 Å². The van der Waals surface area contributed by atoms with E-state index in [1.54, 1.807) is 20.2 Å². The lowest BCUT2D eigenvalue weighted by molar-refractivity contribution is -0.881. The number of allylic oxidation sites excluding steroid dienone is 1. The Morgan fingerprint density at radius 1 is 1.31 bits per heavy atom. The van der Waals surface area contributed by atoms with Crippen molar-refractivity contribution in [2.24, 2.45) is 0 Å². The van der Waals surface area contributed by atoms with Gasteiger partial charge in [0.15, 0.2) is 0 Å². The molecule has 0 fully saturated rings. The van der Waals surface area contributed by atoms with Gasteiger partial charge in [-0.3, -0.25) is 0 Å². The Balaban J connectivity index is 4.00. The van der Waals surface area contributed by atoms with Crippen LogP contribution >= 0.6 is 0 Å². The van der Waals surface area contributed by atoms with Crippen LogP contribution in [0.15, 0.2) is 11.8 Å². The Kier molecular flexibility index (Phi) is 6.81. The molecule has 0 aromatic heterocycles. The van der Waals surface area contributed by atoms with Crippen molar-refractivity contribution in [2.75, 3.05) is 27.2 Å². The van der Waals surface area contributed by atoms with Gasteiger partial charge in [-0.1, -0.05) is 19.8 Å². The van der Waals surface area contributed by atoms with Crippen LogP contribution in [0.1, 0.15) is 32.6 Å². The van der Waals surface area contributed by atoms with Crippen LogP contribution in [0.3, 0.4) is 0 Å². The van der Waals surface area contributed by atoms with E-state index in [1.807, 2.05) is 0 Å². The molecule has 94 valence electrons. The summed E-state index contributed by atoms with van der Waals surface area (Å²) >= 11 is 0. The third kappa shape index (κ3) is 8.29. The molecule has 0 aliphatic rings. The number of aliphatic hydroxyl groups excluding tert-OH is 1. The molecular weight excluding hydrogens is 206 g/mol. The zero-order chi connectivity index (χ0) is 12.6. The second-order valence-electron chi connectivity index (χ2n) is 4.82. The van der Waals surface area contributed by atoms with Crippen LogP contribution < -0.4 is 5.11 Å². The summed E-state index contributed by atoms with van der Waals surface area (Å²) in [5, 5.41) is 20.1. The van der Waals surface area contributed by atoms with Crippen molar-refractivity contribution in [1.82, 2.24) is 0 Å². The zero-order valence-electron chi connectivity index (χ0n) is 10.5. The molecular formula is C12H23NO3. The number of carboxylic acids is 1. The van der Waals surface area contributed by atoms with Crippen LogP contribution in [0, 0.1) is 0 Å². The summed E-state index contributed by atoms with van der Waals surface area (Å²) < 4.78 is 0.207. The van der Waals surface area contributed by atoms with Crippen LogP contribution in [0.2, 0.25) is 0 Å². The van der Waals surface area contributed by atoms with Gasteiger partial charge in [0, 0.05) is 0 Å². The molecule has 0 rings (SSSR count). The second-order valence-corrected chi connectivity index (χ2v) is 4.82. The van der Waals surface area contributed by atoms with Gasteiger partial charge in [-0.25, -0.2) is 0 Å². The molecule has 0 bridgehead atoms. The van der Waals surface area contributed by atoms with E-state index in [4.69, 9.17) is 0 Å².